The zero-order valence-electron chi connectivity index (χ0n) is 12.5. The number of rotatable bonds is 2. The topological polar surface area (TPSA) is 37.8 Å². The fourth-order valence-electron chi connectivity index (χ4n) is 3.14. The number of aromatic nitrogens is 2. The van der Waals surface area contributed by atoms with Crippen molar-refractivity contribution in [2.24, 2.45) is 0 Å². The van der Waals surface area contributed by atoms with E-state index in [1.807, 2.05) is 0 Å². The van der Waals surface area contributed by atoms with E-state index >= 15 is 0 Å². The van der Waals surface area contributed by atoms with Gasteiger partial charge in [0.15, 0.2) is 0 Å². The van der Waals surface area contributed by atoms with Gasteiger partial charge in [-0.2, -0.15) is 0 Å². The molecule has 3 nitrogen and oxygen atoms in total. The molecule has 0 radical (unpaired) electrons. The summed E-state index contributed by atoms with van der Waals surface area (Å²) in [7, 11) is 0. The molecule has 1 aromatic heterocycles. The molecule has 0 atom stereocenters. The molecule has 0 aliphatic carbocycles. The number of nitrogens with one attached hydrogen (secondary N) is 1. The summed E-state index contributed by atoms with van der Waals surface area (Å²) in [4.78, 5) is 8.97. The van der Waals surface area contributed by atoms with Gasteiger partial charge in [0.2, 0.25) is 0 Å². The summed E-state index contributed by atoms with van der Waals surface area (Å²) in [6, 6.07) is 4.52. The number of benzene rings is 1. The fraction of sp³-hybridized carbons (Fsp3) is 0.412. The van der Waals surface area contributed by atoms with E-state index in [1.54, 1.807) is 6.33 Å². The van der Waals surface area contributed by atoms with E-state index in [9.17, 15) is 0 Å². The van der Waals surface area contributed by atoms with Crippen LogP contribution in [0.5, 0.6) is 0 Å². The SMILES string of the molecule is Cc1cc(C)c(Cc2ncnc3c2CNCC3)c(C)c1. The average molecular weight is 267 g/mol. The second-order valence-electron chi connectivity index (χ2n) is 5.73. The molecule has 0 saturated heterocycles. The van der Waals surface area contributed by atoms with Crippen LogP contribution in [0.4, 0.5) is 0 Å². The normalized spacial score (nSPS) is 14.2. The second-order valence-corrected chi connectivity index (χ2v) is 5.73. The number of nitrogens with zero attached hydrogens (tertiary/aromatic N) is 2. The van der Waals surface area contributed by atoms with E-state index in [-0.39, 0.29) is 0 Å². The third kappa shape index (κ3) is 2.46. The van der Waals surface area contributed by atoms with Crippen LogP contribution in [0.2, 0.25) is 0 Å². The monoisotopic (exact) mass is 267 g/mol. The first kappa shape index (κ1) is 13.3. The molecule has 20 heavy (non-hydrogen) atoms. The van der Waals surface area contributed by atoms with E-state index in [1.165, 1.54) is 39.2 Å². The van der Waals surface area contributed by atoms with Crippen LogP contribution in [0.3, 0.4) is 0 Å². The van der Waals surface area contributed by atoms with Crippen LogP contribution in [0, 0.1) is 20.8 Å². The van der Waals surface area contributed by atoms with Crippen molar-refractivity contribution in [2.75, 3.05) is 6.54 Å². The van der Waals surface area contributed by atoms with Gasteiger partial charge in [-0.25, -0.2) is 9.97 Å². The second kappa shape index (κ2) is 5.33. The molecule has 1 aliphatic rings. The van der Waals surface area contributed by atoms with Crippen molar-refractivity contribution >= 4 is 0 Å². The lowest BCUT2D eigenvalue weighted by Gasteiger charge is -2.19. The number of aryl methyl sites for hydroxylation is 3. The molecule has 1 aliphatic heterocycles. The highest BCUT2D eigenvalue weighted by molar-refractivity contribution is 5.41. The predicted octanol–water partition coefficient (Wildman–Crippen LogP) is 2.64. The van der Waals surface area contributed by atoms with Gasteiger partial charge in [0, 0.05) is 37.2 Å². The van der Waals surface area contributed by atoms with Gasteiger partial charge in [0.1, 0.15) is 6.33 Å². The van der Waals surface area contributed by atoms with Crippen LogP contribution in [-0.4, -0.2) is 16.5 Å². The molecule has 2 heterocycles. The zero-order valence-corrected chi connectivity index (χ0v) is 12.5. The minimum Gasteiger partial charge on any atom is -0.312 e. The summed E-state index contributed by atoms with van der Waals surface area (Å²) in [6.07, 6.45) is 3.64. The van der Waals surface area contributed by atoms with Gasteiger partial charge in [-0.3, -0.25) is 0 Å². The number of fused-ring (bicyclic) bond motifs is 1. The maximum Gasteiger partial charge on any atom is 0.115 e. The van der Waals surface area contributed by atoms with Gasteiger partial charge in [0.25, 0.3) is 0 Å². The Labute approximate surface area is 120 Å². The lowest BCUT2D eigenvalue weighted by molar-refractivity contribution is 0.618. The average Bonchev–Trinajstić information content (AvgIpc) is 2.43. The molecule has 0 spiro atoms. The van der Waals surface area contributed by atoms with Crippen molar-refractivity contribution in [3.05, 3.63) is 57.7 Å². The molecule has 1 N–H and O–H groups in total. The van der Waals surface area contributed by atoms with E-state index in [4.69, 9.17) is 0 Å². The third-order valence-corrected chi connectivity index (χ3v) is 4.15. The molecule has 0 unspecified atom stereocenters. The van der Waals surface area contributed by atoms with Crippen LogP contribution in [-0.2, 0) is 19.4 Å². The minimum absolute atomic E-state index is 0.898. The molecule has 0 fully saturated rings. The largest absolute Gasteiger partial charge is 0.312 e. The fourth-order valence-corrected chi connectivity index (χ4v) is 3.14. The Morgan fingerprint density at radius 2 is 1.85 bits per heavy atom. The highest BCUT2D eigenvalue weighted by atomic mass is 14.9. The Hall–Kier alpha value is -1.74. The van der Waals surface area contributed by atoms with E-state index in [0.717, 1.165) is 25.9 Å². The van der Waals surface area contributed by atoms with Gasteiger partial charge < -0.3 is 5.32 Å². The Kier molecular flexibility index (Phi) is 3.53. The maximum atomic E-state index is 4.54. The first-order valence-corrected chi connectivity index (χ1v) is 7.24. The van der Waals surface area contributed by atoms with Crippen molar-refractivity contribution < 1.29 is 0 Å². The lowest BCUT2D eigenvalue weighted by atomic mass is 9.93. The van der Waals surface area contributed by atoms with Crippen molar-refractivity contribution in [3.8, 4) is 0 Å². The van der Waals surface area contributed by atoms with Gasteiger partial charge >= 0.3 is 0 Å². The Bertz CT molecular complexity index is 624. The smallest absolute Gasteiger partial charge is 0.115 e. The first-order valence-electron chi connectivity index (χ1n) is 7.24. The molecule has 104 valence electrons. The number of hydrogen-bond acceptors (Lipinski definition) is 3. The van der Waals surface area contributed by atoms with E-state index in [2.05, 4.69) is 48.2 Å². The highest BCUT2D eigenvalue weighted by Gasteiger charge is 2.16. The molecular formula is C17H21N3. The summed E-state index contributed by atoms with van der Waals surface area (Å²) in [5, 5.41) is 3.43. The zero-order chi connectivity index (χ0) is 14.1. The first-order chi connectivity index (χ1) is 9.65. The van der Waals surface area contributed by atoms with Crippen LogP contribution >= 0.6 is 0 Å². The van der Waals surface area contributed by atoms with Crippen LogP contribution < -0.4 is 5.32 Å². The van der Waals surface area contributed by atoms with Crippen molar-refractivity contribution in [1.82, 2.24) is 15.3 Å². The summed E-state index contributed by atoms with van der Waals surface area (Å²) in [5.74, 6) is 0. The quantitative estimate of drug-likeness (QED) is 0.909. The van der Waals surface area contributed by atoms with Gasteiger partial charge in [-0.05, 0) is 37.5 Å². The molecule has 0 amide bonds. The third-order valence-electron chi connectivity index (χ3n) is 4.15. The maximum absolute atomic E-state index is 4.54. The van der Waals surface area contributed by atoms with Gasteiger partial charge in [-0.15, -0.1) is 0 Å². The summed E-state index contributed by atoms with van der Waals surface area (Å²) < 4.78 is 0. The summed E-state index contributed by atoms with van der Waals surface area (Å²) >= 11 is 0. The molecule has 0 bridgehead atoms. The van der Waals surface area contributed by atoms with E-state index in [0.29, 0.717) is 0 Å². The van der Waals surface area contributed by atoms with Gasteiger partial charge in [0.05, 0.1) is 5.69 Å². The van der Waals surface area contributed by atoms with Crippen LogP contribution in [0.1, 0.15) is 39.2 Å². The van der Waals surface area contributed by atoms with E-state index < -0.39 is 0 Å². The predicted molar refractivity (Wildman–Crippen MR) is 80.9 cm³/mol. The number of hydrogen-bond donors (Lipinski definition) is 1. The standard InChI is InChI=1S/C17H21N3/c1-11-6-12(2)14(13(3)7-11)8-17-15-9-18-5-4-16(15)19-10-20-17/h6-7,10,18H,4-5,8-9H2,1-3H3. The van der Waals surface area contributed by atoms with Gasteiger partial charge in [-0.1, -0.05) is 17.7 Å². The summed E-state index contributed by atoms with van der Waals surface area (Å²) in [5.41, 5.74) is 9.15. The van der Waals surface area contributed by atoms with Crippen LogP contribution in [0.15, 0.2) is 18.5 Å². The summed E-state index contributed by atoms with van der Waals surface area (Å²) in [6.45, 7) is 8.46. The van der Waals surface area contributed by atoms with Crippen molar-refractivity contribution in [2.45, 2.75) is 40.2 Å². The Balaban J connectivity index is 2.00. The molecule has 2 aromatic rings. The molecule has 3 rings (SSSR count). The molecule has 3 heteroatoms. The minimum atomic E-state index is 0.898. The lowest BCUT2D eigenvalue weighted by Crippen LogP contribution is -2.26. The molecule has 0 saturated carbocycles. The molecule has 1 aromatic carbocycles. The van der Waals surface area contributed by atoms with Crippen LogP contribution in [0.25, 0.3) is 0 Å². The highest BCUT2D eigenvalue weighted by Crippen LogP contribution is 2.22. The Morgan fingerprint density at radius 3 is 2.60 bits per heavy atom. The Morgan fingerprint density at radius 1 is 1.10 bits per heavy atom. The molecular weight excluding hydrogens is 246 g/mol. The van der Waals surface area contributed by atoms with Crippen molar-refractivity contribution in [3.63, 3.8) is 0 Å². The van der Waals surface area contributed by atoms with Crippen molar-refractivity contribution in [1.29, 1.82) is 0 Å².